The second-order valence-electron chi connectivity index (χ2n) is 5.68. The van der Waals surface area contributed by atoms with E-state index >= 15 is 0 Å². The summed E-state index contributed by atoms with van der Waals surface area (Å²) in [6.45, 7) is 0. The van der Waals surface area contributed by atoms with E-state index in [1.807, 2.05) is 36.4 Å². The number of benzene rings is 2. The fourth-order valence-electron chi connectivity index (χ4n) is 3.60. The normalized spacial score (nSPS) is 17.8. The highest BCUT2D eigenvalue weighted by Gasteiger charge is 2.39. The maximum atomic E-state index is 10.3. The Hall–Kier alpha value is -1.96. The Kier molecular flexibility index (Phi) is 3.39. The van der Waals surface area contributed by atoms with E-state index in [4.69, 9.17) is 0 Å². The number of phenols is 2. The largest absolute Gasteiger partial charge is 0.508 e. The lowest BCUT2D eigenvalue weighted by molar-refractivity contribution is 0.321. The van der Waals surface area contributed by atoms with E-state index in [0.29, 0.717) is 11.5 Å². The lowest BCUT2D eigenvalue weighted by Gasteiger charge is -2.39. The average Bonchev–Trinajstić information content (AvgIpc) is 2.49. The molecule has 2 aromatic carbocycles. The molecule has 2 nitrogen and oxygen atoms in total. The van der Waals surface area contributed by atoms with Crippen molar-refractivity contribution in [2.75, 3.05) is 0 Å². The first-order valence-electron chi connectivity index (χ1n) is 7.31. The zero-order chi connectivity index (χ0) is 14.0. The van der Waals surface area contributed by atoms with Gasteiger partial charge in [0.2, 0.25) is 0 Å². The van der Waals surface area contributed by atoms with Crippen LogP contribution in [-0.2, 0) is 5.41 Å². The molecule has 2 aromatic rings. The molecule has 0 saturated heterocycles. The van der Waals surface area contributed by atoms with Gasteiger partial charge >= 0.3 is 0 Å². The highest BCUT2D eigenvalue weighted by molar-refractivity contribution is 5.51. The van der Waals surface area contributed by atoms with Crippen LogP contribution in [-0.4, -0.2) is 10.2 Å². The molecule has 3 rings (SSSR count). The SMILES string of the molecule is Oc1ccccc1C1(c2ccccc2O)CCCCC1. The van der Waals surface area contributed by atoms with Gasteiger partial charge in [-0.1, -0.05) is 55.7 Å². The predicted molar refractivity (Wildman–Crippen MR) is 80.1 cm³/mol. The van der Waals surface area contributed by atoms with Crippen molar-refractivity contribution in [1.82, 2.24) is 0 Å². The van der Waals surface area contributed by atoms with Gasteiger partial charge in [0.15, 0.2) is 0 Å². The number of hydrogen-bond donors (Lipinski definition) is 2. The molecular formula is C18H20O2. The van der Waals surface area contributed by atoms with Crippen molar-refractivity contribution in [1.29, 1.82) is 0 Å². The summed E-state index contributed by atoms with van der Waals surface area (Å²) in [6, 6.07) is 15.1. The highest BCUT2D eigenvalue weighted by atomic mass is 16.3. The van der Waals surface area contributed by atoms with Gasteiger partial charge in [0.1, 0.15) is 11.5 Å². The van der Waals surface area contributed by atoms with Crippen molar-refractivity contribution in [3.63, 3.8) is 0 Å². The molecule has 0 atom stereocenters. The van der Waals surface area contributed by atoms with Gasteiger partial charge in [-0.25, -0.2) is 0 Å². The molecule has 1 aliphatic rings. The third kappa shape index (κ3) is 2.05. The van der Waals surface area contributed by atoms with Crippen LogP contribution in [0.25, 0.3) is 0 Å². The summed E-state index contributed by atoms with van der Waals surface area (Å²) < 4.78 is 0. The van der Waals surface area contributed by atoms with Crippen molar-refractivity contribution < 1.29 is 10.2 Å². The minimum Gasteiger partial charge on any atom is -0.508 e. The molecule has 0 heterocycles. The Labute approximate surface area is 119 Å². The van der Waals surface area contributed by atoms with Crippen LogP contribution >= 0.6 is 0 Å². The molecule has 0 aliphatic heterocycles. The molecule has 0 radical (unpaired) electrons. The molecule has 0 bridgehead atoms. The van der Waals surface area contributed by atoms with E-state index in [2.05, 4.69) is 0 Å². The minimum absolute atomic E-state index is 0.255. The first-order valence-corrected chi connectivity index (χ1v) is 7.31. The Morgan fingerprint density at radius 1 is 0.650 bits per heavy atom. The fraction of sp³-hybridized carbons (Fsp3) is 0.333. The molecule has 20 heavy (non-hydrogen) atoms. The second kappa shape index (κ2) is 5.20. The third-order valence-corrected chi connectivity index (χ3v) is 4.55. The average molecular weight is 268 g/mol. The summed E-state index contributed by atoms with van der Waals surface area (Å²) in [6.07, 6.45) is 5.43. The molecule has 0 amide bonds. The van der Waals surface area contributed by atoms with Gasteiger partial charge in [0.05, 0.1) is 0 Å². The van der Waals surface area contributed by atoms with Crippen LogP contribution in [0, 0.1) is 0 Å². The molecule has 2 heteroatoms. The Morgan fingerprint density at radius 3 is 1.55 bits per heavy atom. The number of para-hydroxylation sites is 2. The van der Waals surface area contributed by atoms with E-state index in [0.717, 1.165) is 36.8 Å². The number of rotatable bonds is 2. The van der Waals surface area contributed by atoms with E-state index in [1.54, 1.807) is 12.1 Å². The summed E-state index contributed by atoms with van der Waals surface area (Å²) >= 11 is 0. The Bertz CT molecular complexity index is 550. The molecule has 1 saturated carbocycles. The van der Waals surface area contributed by atoms with Gasteiger partial charge in [-0.3, -0.25) is 0 Å². The standard InChI is InChI=1S/C18H20O2/c19-16-10-4-2-8-14(16)18(12-6-1-7-13-18)15-9-3-5-11-17(15)20/h2-5,8-11,19-20H,1,6-7,12-13H2. The fourth-order valence-corrected chi connectivity index (χ4v) is 3.60. The maximum Gasteiger partial charge on any atom is 0.119 e. The number of hydrogen-bond acceptors (Lipinski definition) is 2. The zero-order valence-electron chi connectivity index (χ0n) is 11.5. The van der Waals surface area contributed by atoms with Crippen LogP contribution in [0.2, 0.25) is 0 Å². The second-order valence-corrected chi connectivity index (χ2v) is 5.68. The zero-order valence-corrected chi connectivity index (χ0v) is 11.5. The molecule has 2 N–H and O–H groups in total. The van der Waals surface area contributed by atoms with Gasteiger partial charge in [0.25, 0.3) is 0 Å². The van der Waals surface area contributed by atoms with Crippen LogP contribution in [0.3, 0.4) is 0 Å². The van der Waals surface area contributed by atoms with Crippen molar-refractivity contribution in [3.8, 4) is 11.5 Å². The quantitative estimate of drug-likeness (QED) is 0.850. The smallest absolute Gasteiger partial charge is 0.119 e. The number of aromatic hydroxyl groups is 2. The van der Waals surface area contributed by atoms with Crippen LogP contribution < -0.4 is 0 Å². The van der Waals surface area contributed by atoms with Crippen LogP contribution in [0.15, 0.2) is 48.5 Å². The minimum atomic E-state index is -0.255. The van der Waals surface area contributed by atoms with Gasteiger partial charge in [-0.2, -0.15) is 0 Å². The summed E-state index contributed by atoms with van der Waals surface area (Å²) in [5.41, 5.74) is 1.64. The van der Waals surface area contributed by atoms with E-state index < -0.39 is 0 Å². The van der Waals surface area contributed by atoms with Gasteiger partial charge < -0.3 is 10.2 Å². The van der Waals surface area contributed by atoms with Crippen molar-refractivity contribution in [2.45, 2.75) is 37.5 Å². The van der Waals surface area contributed by atoms with Crippen LogP contribution in [0.1, 0.15) is 43.2 Å². The lowest BCUT2D eigenvalue weighted by atomic mass is 9.65. The molecule has 1 fully saturated rings. The highest BCUT2D eigenvalue weighted by Crippen LogP contribution is 2.49. The molecule has 104 valence electrons. The summed E-state index contributed by atoms with van der Waals surface area (Å²) in [4.78, 5) is 0. The Balaban J connectivity index is 2.20. The summed E-state index contributed by atoms with van der Waals surface area (Å²) in [5, 5.41) is 20.6. The molecule has 0 unspecified atom stereocenters. The predicted octanol–water partition coefficient (Wildman–Crippen LogP) is 4.35. The topological polar surface area (TPSA) is 40.5 Å². The molecular weight excluding hydrogens is 248 g/mol. The van der Waals surface area contributed by atoms with Crippen LogP contribution in [0.4, 0.5) is 0 Å². The van der Waals surface area contributed by atoms with Gasteiger partial charge in [-0.15, -0.1) is 0 Å². The summed E-state index contributed by atoms with van der Waals surface area (Å²) in [7, 11) is 0. The molecule has 0 aromatic heterocycles. The Morgan fingerprint density at radius 2 is 1.10 bits per heavy atom. The van der Waals surface area contributed by atoms with Crippen molar-refractivity contribution in [2.24, 2.45) is 0 Å². The maximum absolute atomic E-state index is 10.3. The van der Waals surface area contributed by atoms with Crippen molar-refractivity contribution >= 4 is 0 Å². The third-order valence-electron chi connectivity index (χ3n) is 4.55. The van der Waals surface area contributed by atoms with E-state index in [-0.39, 0.29) is 5.41 Å². The monoisotopic (exact) mass is 268 g/mol. The first-order chi connectivity index (χ1) is 9.74. The van der Waals surface area contributed by atoms with Gasteiger partial charge in [-0.05, 0) is 25.0 Å². The summed E-state index contributed by atoms with van der Waals surface area (Å²) in [5.74, 6) is 0.662. The number of phenolic OH excluding ortho intramolecular Hbond substituents is 2. The van der Waals surface area contributed by atoms with E-state index in [1.165, 1.54) is 6.42 Å². The molecule has 1 aliphatic carbocycles. The molecule has 0 spiro atoms. The van der Waals surface area contributed by atoms with E-state index in [9.17, 15) is 10.2 Å². The first kappa shape index (κ1) is 13.0. The van der Waals surface area contributed by atoms with Crippen molar-refractivity contribution in [3.05, 3.63) is 59.7 Å². The van der Waals surface area contributed by atoms with Gasteiger partial charge in [0, 0.05) is 16.5 Å². The lowest BCUT2D eigenvalue weighted by Crippen LogP contribution is -2.30. The van der Waals surface area contributed by atoms with Crippen LogP contribution in [0.5, 0.6) is 11.5 Å².